The smallest absolute Gasteiger partial charge is 0.144 e. The van der Waals surface area contributed by atoms with Crippen molar-refractivity contribution in [1.82, 2.24) is 15.2 Å². The Balaban J connectivity index is 1.49. The summed E-state index contributed by atoms with van der Waals surface area (Å²) in [7, 11) is 1.54. The third-order valence-corrected chi connectivity index (χ3v) is 7.42. The number of aromatic nitrogens is 1. The standard InChI is InChI=1S/C24H21Cl2N5O2S/c1-32-21-9-18(16(25)8-17(21)26)30-23-14(11-27)12-29-19-10-22(34-24(19)23)20-3-2-15(33-20)13-31-6-4-28-5-7-31/h2-3,8-10,12,28H,4-7,13H2,1H3,(H,29,30). The van der Waals surface area contributed by atoms with Crippen molar-refractivity contribution in [1.29, 1.82) is 5.26 Å². The molecule has 0 amide bonds. The van der Waals surface area contributed by atoms with Gasteiger partial charge in [0.1, 0.15) is 23.3 Å². The Labute approximate surface area is 210 Å². The minimum Gasteiger partial charge on any atom is -0.495 e. The summed E-state index contributed by atoms with van der Waals surface area (Å²) in [6, 6.07) is 11.5. The maximum Gasteiger partial charge on any atom is 0.144 e. The molecule has 7 nitrogen and oxygen atoms in total. The Morgan fingerprint density at radius 2 is 2.06 bits per heavy atom. The number of nitrogens with one attached hydrogen (secondary N) is 2. The molecule has 4 aromatic rings. The van der Waals surface area contributed by atoms with E-state index in [0.29, 0.717) is 32.7 Å². The van der Waals surface area contributed by atoms with Crippen molar-refractivity contribution >= 4 is 56.1 Å². The first kappa shape index (κ1) is 23.0. The molecule has 1 fully saturated rings. The van der Waals surface area contributed by atoms with Gasteiger partial charge in [-0.15, -0.1) is 11.3 Å². The molecule has 34 heavy (non-hydrogen) atoms. The fraction of sp³-hybridized carbons (Fsp3) is 0.250. The van der Waals surface area contributed by atoms with Gasteiger partial charge in [0, 0.05) is 38.4 Å². The second kappa shape index (κ2) is 9.82. The fourth-order valence-corrected chi connectivity index (χ4v) is 5.50. The second-order valence-corrected chi connectivity index (χ2v) is 9.73. The van der Waals surface area contributed by atoms with Crippen LogP contribution in [0.4, 0.5) is 11.4 Å². The van der Waals surface area contributed by atoms with Crippen LogP contribution >= 0.6 is 34.5 Å². The van der Waals surface area contributed by atoms with Gasteiger partial charge in [-0.2, -0.15) is 5.26 Å². The molecular weight excluding hydrogens is 493 g/mol. The summed E-state index contributed by atoms with van der Waals surface area (Å²) in [5, 5.41) is 17.2. The number of benzene rings is 1. The number of pyridine rings is 1. The maximum absolute atomic E-state index is 9.72. The number of methoxy groups -OCH3 is 1. The number of rotatable bonds is 6. The Morgan fingerprint density at radius 1 is 1.24 bits per heavy atom. The molecule has 1 aromatic carbocycles. The number of hydrogen-bond donors (Lipinski definition) is 2. The van der Waals surface area contributed by atoms with Gasteiger partial charge in [0.25, 0.3) is 0 Å². The van der Waals surface area contributed by atoms with E-state index in [-0.39, 0.29) is 0 Å². The van der Waals surface area contributed by atoms with Gasteiger partial charge in [0.15, 0.2) is 0 Å². The van der Waals surface area contributed by atoms with E-state index >= 15 is 0 Å². The largest absolute Gasteiger partial charge is 0.495 e. The van der Waals surface area contributed by atoms with Crippen LogP contribution in [0.1, 0.15) is 11.3 Å². The number of furan rings is 1. The quantitative estimate of drug-likeness (QED) is 0.332. The summed E-state index contributed by atoms with van der Waals surface area (Å²) in [6.45, 7) is 4.79. The highest BCUT2D eigenvalue weighted by molar-refractivity contribution is 7.22. The predicted molar refractivity (Wildman–Crippen MR) is 136 cm³/mol. The molecule has 0 saturated carbocycles. The average molecular weight is 514 g/mol. The van der Waals surface area contributed by atoms with E-state index in [1.807, 2.05) is 18.2 Å². The Hall–Kier alpha value is -2.80. The van der Waals surface area contributed by atoms with Crippen LogP contribution in [-0.2, 0) is 6.54 Å². The zero-order valence-corrected chi connectivity index (χ0v) is 20.7. The van der Waals surface area contributed by atoms with Crippen LogP contribution in [-0.4, -0.2) is 43.2 Å². The first-order chi connectivity index (χ1) is 16.6. The van der Waals surface area contributed by atoms with Crippen LogP contribution in [0, 0.1) is 11.3 Å². The molecule has 5 rings (SSSR count). The molecule has 0 bridgehead atoms. The van der Waals surface area contributed by atoms with E-state index < -0.39 is 0 Å². The lowest BCUT2D eigenvalue weighted by Crippen LogP contribution is -2.42. The molecule has 174 valence electrons. The maximum atomic E-state index is 9.72. The number of nitriles is 1. The monoisotopic (exact) mass is 513 g/mol. The number of thiophene rings is 1. The molecule has 0 radical (unpaired) electrons. The molecule has 0 unspecified atom stereocenters. The third-order valence-electron chi connectivity index (χ3n) is 5.66. The van der Waals surface area contributed by atoms with Crippen molar-refractivity contribution in [2.24, 2.45) is 0 Å². The second-order valence-electron chi connectivity index (χ2n) is 7.87. The van der Waals surface area contributed by atoms with Gasteiger partial charge < -0.3 is 19.8 Å². The van der Waals surface area contributed by atoms with Gasteiger partial charge in [-0.05, 0) is 24.3 Å². The van der Waals surface area contributed by atoms with Crippen LogP contribution in [0.2, 0.25) is 10.0 Å². The summed E-state index contributed by atoms with van der Waals surface area (Å²) in [6.07, 6.45) is 1.56. The molecule has 4 heterocycles. The number of anilines is 2. The fourth-order valence-electron chi connectivity index (χ4n) is 3.91. The number of nitrogens with zero attached hydrogens (tertiary/aromatic N) is 3. The number of hydrogen-bond acceptors (Lipinski definition) is 8. The summed E-state index contributed by atoms with van der Waals surface area (Å²) in [5.74, 6) is 2.19. The van der Waals surface area contributed by atoms with Gasteiger partial charge in [0.05, 0.1) is 55.7 Å². The Bertz CT molecular complexity index is 1390. The molecule has 0 atom stereocenters. The number of piperazine rings is 1. The minimum atomic E-state index is 0.407. The molecule has 0 spiro atoms. The molecule has 10 heteroatoms. The molecule has 0 aliphatic carbocycles. The first-order valence-corrected chi connectivity index (χ1v) is 12.3. The van der Waals surface area contributed by atoms with Crippen molar-refractivity contribution in [3.63, 3.8) is 0 Å². The summed E-state index contributed by atoms with van der Waals surface area (Å²) >= 11 is 14.1. The van der Waals surface area contributed by atoms with E-state index in [9.17, 15) is 5.26 Å². The highest BCUT2D eigenvalue weighted by Crippen LogP contribution is 2.42. The van der Waals surface area contributed by atoms with Crippen LogP contribution in [0.15, 0.2) is 40.9 Å². The van der Waals surface area contributed by atoms with Gasteiger partial charge in [-0.25, -0.2) is 0 Å². The molecular formula is C24H21Cl2N5O2S. The number of fused-ring (bicyclic) bond motifs is 1. The number of halogens is 2. The molecule has 1 aliphatic rings. The Morgan fingerprint density at radius 3 is 2.82 bits per heavy atom. The normalized spacial score (nSPS) is 14.3. The molecule has 1 saturated heterocycles. The molecule has 1 aliphatic heterocycles. The lowest BCUT2D eigenvalue weighted by molar-refractivity contribution is 0.217. The van der Waals surface area contributed by atoms with Crippen LogP contribution in [0.5, 0.6) is 5.75 Å². The number of ether oxygens (including phenoxy) is 1. The zero-order chi connectivity index (χ0) is 23.7. The van der Waals surface area contributed by atoms with E-state index in [2.05, 4.69) is 26.6 Å². The van der Waals surface area contributed by atoms with E-state index in [4.69, 9.17) is 32.4 Å². The van der Waals surface area contributed by atoms with Gasteiger partial charge in [-0.3, -0.25) is 9.88 Å². The van der Waals surface area contributed by atoms with Gasteiger partial charge >= 0.3 is 0 Å². The van der Waals surface area contributed by atoms with Crippen molar-refractivity contribution in [2.75, 3.05) is 38.6 Å². The average Bonchev–Trinajstić information content (AvgIpc) is 3.48. The van der Waals surface area contributed by atoms with E-state index in [1.54, 1.807) is 18.3 Å². The summed E-state index contributed by atoms with van der Waals surface area (Å²) in [5.41, 5.74) is 2.38. The predicted octanol–water partition coefficient (Wildman–Crippen LogP) is 5.89. The zero-order valence-electron chi connectivity index (χ0n) is 18.3. The highest BCUT2D eigenvalue weighted by atomic mass is 35.5. The van der Waals surface area contributed by atoms with Crippen molar-refractivity contribution in [3.8, 4) is 22.5 Å². The van der Waals surface area contributed by atoms with E-state index in [1.165, 1.54) is 18.4 Å². The van der Waals surface area contributed by atoms with Gasteiger partial charge in [0.2, 0.25) is 0 Å². The lowest BCUT2D eigenvalue weighted by atomic mass is 10.2. The summed E-state index contributed by atoms with van der Waals surface area (Å²) in [4.78, 5) is 7.79. The van der Waals surface area contributed by atoms with Crippen LogP contribution in [0.3, 0.4) is 0 Å². The SMILES string of the molecule is COc1cc(Nc2c(C#N)cnc3cc(-c4ccc(CN5CCNCC5)o4)sc23)c(Cl)cc1Cl. The third kappa shape index (κ3) is 4.58. The van der Waals surface area contributed by atoms with Gasteiger partial charge in [-0.1, -0.05) is 23.2 Å². The molecule has 2 N–H and O–H groups in total. The van der Waals surface area contributed by atoms with Crippen molar-refractivity contribution < 1.29 is 9.15 Å². The first-order valence-electron chi connectivity index (χ1n) is 10.7. The molecule has 3 aromatic heterocycles. The Kier molecular flexibility index (Phi) is 6.63. The van der Waals surface area contributed by atoms with Crippen molar-refractivity contribution in [3.05, 3.63) is 57.9 Å². The highest BCUT2D eigenvalue weighted by Gasteiger charge is 2.18. The topological polar surface area (TPSA) is 86.3 Å². The summed E-state index contributed by atoms with van der Waals surface area (Å²) < 4.78 is 12.3. The lowest BCUT2D eigenvalue weighted by Gasteiger charge is -2.26. The van der Waals surface area contributed by atoms with Crippen molar-refractivity contribution in [2.45, 2.75) is 6.54 Å². The van der Waals surface area contributed by atoms with Crippen LogP contribution in [0.25, 0.3) is 20.9 Å². The minimum absolute atomic E-state index is 0.407. The van der Waals surface area contributed by atoms with E-state index in [0.717, 1.165) is 59.3 Å². The van der Waals surface area contributed by atoms with Crippen LogP contribution < -0.4 is 15.4 Å².